The molecule has 0 spiro atoms. The van der Waals surface area contributed by atoms with Gasteiger partial charge in [-0.25, -0.2) is 0 Å². The van der Waals surface area contributed by atoms with Crippen LogP contribution >= 0.6 is 39.1 Å². The molecule has 0 amide bonds. The standard InChI is InChI=1S/C36H27BrCl2N10/c37-28-12-8-24(9-13-28)16-17-48(22-34-47-42-23-49(34)21-27-6-4-25(19-40)5-7-27)36-45-33(18-30-31(38)2-1-3-32(30)39)44-35(46-36)43-29-14-10-26(20-41)11-15-29/h1-15,23H,16-18,21-22H2,(H,43,44,45,46). The smallest absolute Gasteiger partial charge is 0.232 e. The van der Waals surface area contributed by atoms with Crippen LogP contribution in [-0.4, -0.2) is 36.3 Å². The number of hydrogen-bond donors (Lipinski definition) is 1. The molecule has 0 atom stereocenters. The molecule has 2 heterocycles. The number of halogens is 3. The van der Waals surface area contributed by atoms with E-state index in [1.54, 1.807) is 60.9 Å². The van der Waals surface area contributed by atoms with Crippen LogP contribution in [0.15, 0.2) is 102 Å². The lowest BCUT2D eigenvalue weighted by atomic mass is 10.1. The van der Waals surface area contributed by atoms with Gasteiger partial charge in [-0.15, -0.1) is 10.2 Å². The molecule has 6 rings (SSSR count). The zero-order valence-electron chi connectivity index (χ0n) is 25.9. The Hall–Kier alpha value is -5.33. The van der Waals surface area contributed by atoms with Gasteiger partial charge < -0.3 is 14.8 Å². The third-order valence-corrected chi connectivity index (χ3v) is 8.90. The summed E-state index contributed by atoms with van der Waals surface area (Å²) in [5, 5.41) is 31.4. The molecule has 242 valence electrons. The average Bonchev–Trinajstić information content (AvgIpc) is 3.55. The summed E-state index contributed by atoms with van der Waals surface area (Å²) < 4.78 is 2.97. The molecule has 1 N–H and O–H groups in total. The van der Waals surface area contributed by atoms with E-state index in [2.05, 4.69) is 55.7 Å². The molecule has 0 radical (unpaired) electrons. The van der Waals surface area contributed by atoms with E-state index in [9.17, 15) is 10.5 Å². The molecular weight excluding hydrogens is 723 g/mol. The molecule has 0 fully saturated rings. The fraction of sp³-hybridized carbons (Fsp3) is 0.139. The van der Waals surface area contributed by atoms with Crippen LogP contribution in [0, 0.1) is 22.7 Å². The summed E-state index contributed by atoms with van der Waals surface area (Å²) in [5.74, 6) is 1.91. The monoisotopic (exact) mass is 748 g/mol. The minimum Gasteiger partial charge on any atom is -0.333 e. The summed E-state index contributed by atoms with van der Waals surface area (Å²) in [6.45, 7) is 1.42. The van der Waals surface area contributed by atoms with Crippen LogP contribution in [0.1, 0.15) is 39.5 Å². The van der Waals surface area contributed by atoms with E-state index in [0.717, 1.165) is 15.6 Å². The molecule has 0 unspecified atom stereocenters. The molecule has 0 saturated heterocycles. The van der Waals surface area contributed by atoms with Gasteiger partial charge in [0.15, 0.2) is 5.82 Å². The van der Waals surface area contributed by atoms with Gasteiger partial charge in [0.2, 0.25) is 11.9 Å². The van der Waals surface area contributed by atoms with Crippen molar-refractivity contribution >= 4 is 56.7 Å². The molecule has 4 aromatic carbocycles. The van der Waals surface area contributed by atoms with Gasteiger partial charge in [-0.1, -0.05) is 69.5 Å². The predicted molar refractivity (Wildman–Crippen MR) is 193 cm³/mol. The van der Waals surface area contributed by atoms with Crippen molar-refractivity contribution < 1.29 is 0 Å². The predicted octanol–water partition coefficient (Wildman–Crippen LogP) is 7.91. The van der Waals surface area contributed by atoms with Crippen molar-refractivity contribution in [2.24, 2.45) is 0 Å². The number of anilines is 3. The second kappa shape index (κ2) is 15.7. The highest BCUT2D eigenvalue weighted by molar-refractivity contribution is 9.10. The van der Waals surface area contributed by atoms with Gasteiger partial charge in [0.25, 0.3) is 0 Å². The minimum atomic E-state index is 0.269. The van der Waals surface area contributed by atoms with Gasteiger partial charge >= 0.3 is 0 Å². The fourth-order valence-electron chi connectivity index (χ4n) is 5.05. The Morgan fingerprint density at radius 3 is 2.12 bits per heavy atom. The van der Waals surface area contributed by atoms with E-state index >= 15 is 0 Å². The van der Waals surface area contributed by atoms with E-state index in [0.29, 0.717) is 82.0 Å². The third kappa shape index (κ3) is 8.78. The molecule has 13 heteroatoms. The van der Waals surface area contributed by atoms with Crippen molar-refractivity contribution in [1.82, 2.24) is 29.7 Å². The van der Waals surface area contributed by atoms with Crippen molar-refractivity contribution in [3.8, 4) is 12.1 Å². The van der Waals surface area contributed by atoms with Crippen molar-refractivity contribution in [1.29, 1.82) is 10.5 Å². The highest BCUT2D eigenvalue weighted by Crippen LogP contribution is 2.27. The average molecular weight is 750 g/mol. The van der Waals surface area contributed by atoms with Crippen LogP contribution in [-0.2, 0) is 25.9 Å². The SMILES string of the molecule is N#Cc1ccc(Cn2cnnc2CN(CCc2ccc(Br)cc2)c2nc(Cc3c(Cl)cccc3Cl)nc(Nc3ccc(C#N)cc3)n2)cc1. The van der Waals surface area contributed by atoms with Gasteiger partial charge in [-0.3, -0.25) is 0 Å². The Morgan fingerprint density at radius 1 is 0.796 bits per heavy atom. The lowest BCUT2D eigenvalue weighted by Crippen LogP contribution is -2.30. The van der Waals surface area contributed by atoms with Crippen molar-refractivity contribution in [3.63, 3.8) is 0 Å². The quantitative estimate of drug-likeness (QED) is 0.133. The van der Waals surface area contributed by atoms with E-state index in [1.807, 2.05) is 33.7 Å². The number of nitrogens with one attached hydrogen (secondary N) is 1. The van der Waals surface area contributed by atoms with Crippen LogP contribution in [0.5, 0.6) is 0 Å². The Balaban J connectivity index is 1.37. The first-order valence-corrected chi connectivity index (χ1v) is 16.7. The summed E-state index contributed by atoms with van der Waals surface area (Å²) in [6, 6.07) is 32.3. The highest BCUT2D eigenvalue weighted by atomic mass is 79.9. The topological polar surface area (TPSA) is 132 Å². The maximum absolute atomic E-state index is 9.26. The number of nitriles is 2. The Bertz CT molecular complexity index is 2120. The molecule has 0 aliphatic heterocycles. The number of benzene rings is 4. The highest BCUT2D eigenvalue weighted by Gasteiger charge is 2.19. The van der Waals surface area contributed by atoms with E-state index in [4.69, 9.17) is 38.2 Å². The molecular formula is C36H27BrCl2N10. The largest absolute Gasteiger partial charge is 0.333 e. The molecule has 2 aromatic heterocycles. The number of hydrogen-bond acceptors (Lipinski definition) is 9. The molecule has 6 aromatic rings. The fourth-order valence-corrected chi connectivity index (χ4v) is 5.85. The first-order valence-electron chi connectivity index (χ1n) is 15.2. The molecule has 0 bridgehead atoms. The first kappa shape index (κ1) is 33.6. The van der Waals surface area contributed by atoms with Gasteiger partial charge in [-0.05, 0) is 83.8 Å². The maximum atomic E-state index is 9.26. The second-order valence-electron chi connectivity index (χ2n) is 11.0. The third-order valence-electron chi connectivity index (χ3n) is 7.67. The second-order valence-corrected chi connectivity index (χ2v) is 12.8. The van der Waals surface area contributed by atoms with Gasteiger partial charge in [0.05, 0.1) is 36.4 Å². The lowest BCUT2D eigenvalue weighted by molar-refractivity contribution is 0.662. The molecule has 49 heavy (non-hydrogen) atoms. The summed E-state index contributed by atoms with van der Waals surface area (Å²) in [7, 11) is 0. The first-order chi connectivity index (χ1) is 23.9. The summed E-state index contributed by atoms with van der Waals surface area (Å²) >= 11 is 16.6. The van der Waals surface area contributed by atoms with Crippen LogP contribution in [0.3, 0.4) is 0 Å². The Kier molecular flexibility index (Phi) is 10.8. The number of nitrogens with zero attached hydrogens (tertiary/aromatic N) is 9. The number of aromatic nitrogens is 6. The normalized spacial score (nSPS) is 10.7. The summed E-state index contributed by atoms with van der Waals surface area (Å²) in [6.07, 6.45) is 2.66. The van der Waals surface area contributed by atoms with Crippen molar-refractivity contribution in [2.45, 2.75) is 25.9 Å². The molecule has 10 nitrogen and oxygen atoms in total. The van der Waals surface area contributed by atoms with Crippen LogP contribution in [0.2, 0.25) is 10.0 Å². The Labute approximate surface area is 301 Å². The van der Waals surface area contributed by atoms with Gasteiger partial charge in [-0.2, -0.15) is 25.5 Å². The van der Waals surface area contributed by atoms with E-state index in [1.165, 1.54) is 0 Å². The molecule has 0 saturated carbocycles. The summed E-state index contributed by atoms with van der Waals surface area (Å²) in [4.78, 5) is 16.6. The molecule has 0 aliphatic carbocycles. The van der Waals surface area contributed by atoms with Crippen molar-refractivity contribution in [3.05, 3.63) is 151 Å². The number of rotatable bonds is 12. The van der Waals surface area contributed by atoms with Crippen LogP contribution < -0.4 is 10.2 Å². The zero-order valence-corrected chi connectivity index (χ0v) is 29.0. The molecule has 0 aliphatic rings. The Morgan fingerprint density at radius 2 is 1.45 bits per heavy atom. The van der Waals surface area contributed by atoms with Gasteiger partial charge in [0.1, 0.15) is 12.2 Å². The van der Waals surface area contributed by atoms with Crippen LogP contribution in [0.4, 0.5) is 17.6 Å². The van der Waals surface area contributed by atoms with Crippen molar-refractivity contribution in [2.75, 3.05) is 16.8 Å². The lowest BCUT2D eigenvalue weighted by Gasteiger charge is -2.24. The van der Waals surface area contributed by atoms with E-state index < -0.39 is 0 Å². The minimum absolute atomic E-state index is 0.269. The van der Waals surface area contributed by atoms with Gasteiger partial charge in [0, 0.05) is 33.2 Å². The maximum Gasteiger partial charge on any atom is 0.232 e. The van der Waals surface area contributed by atoms with E-state index in [-0.39, 0.29) is 6.42 Å². The zero-order chi connectivity index (χ0) is 34.2. The van der Waals surface area contributed by atoms with Crippen LogP contribution in [0.25, 0.3) is 0 Å². The summed E-state index contributed by atoms with van der Waals surface area (Å²) in [5.41, 5.74) is 4.70.